The number of aromatic nitrogens is 2. The van der Waals surface area contributed by atoms with Gasteiger partial charge in [-0.3, -0.25) is 4.79 Å². The molecule has 0 spiro atoms. The van der Waals surface area contributed by atoms with E-state index in [0.29, 0.717) is 62.1 Å². The lowest BCUT2D eigenvalue weighted by Gasteiger charge is -2.35. The second kappa shape index (κ2) is 9.30. The number of anilines is 2. The van der Waals surface area contributed by atoms with E-state index in [1.54, 1.807) is 29.2 Å². The monoisotopic (exact) mass is 465 g/mol. The molecule has 0 unspecified atom stereocenters. The van der Waals surface area contributed by atoms with Gasteiger partial charge in [-0.2, -0.15) is 4.98 Å². The van der Waals surface area contributed by atoms with Gasteiger partial charge in [0.05, 0.1) is 20.3 Å². The van der Waals surface area contributed by atoms with E-state index >= 15 is 0 Å². The maximum absolute atomic E-state index is 13.1. The van der Waals surface area contributed by atoms with Crippen molar-refractivity contribution in [2.75, 3.05) is 69.4 Å². The molecule has 0 atom stereocenters. The lowest BCUT2D eigenvalue weighted by molar-refractivity contribution is 0.0742. The zero-order valence-electron chi connectivity index (χ0n) is 19.3. The summed E-state index contributed by atoms with van der Waals surface area (Å²) in [6.45, 7) is 7.01. The number of morpholine rings is 1. The van der Waals surface area contributed by atoms with E-state index in [4.69, 9.17) is 18.9 Å². The fourth-order valence-corrected chi connectivity index (χ4v) is 4.34. The number of hydrogen-bond donors (Lipinski definition) is 0. The molecule has 1 aromatic carbocycles. The molecule has 10 heteroatoms. The number of benzene rings is 1. The summed E-state index contributed by atoms with van der Waals surface area (Å²) < 4.78 is 16.1. The van der Waals surface area contributed by atoms with Gasteiger partial charge in [0.2, 0.25) is 5.95 Å². The van der Waals surface area contributed by atoms with Crippen molar-refractivity contribution in [2.45, 2.75) is 6.92 Å². The molecule has 178 valence electrons. The first kappa shape index (κ1) is 22.1. The van der Waals surface area contributed by atoms with Crippen molar-refractivity contribution in [1.82, 2.24) is 14.9 Å². The van der Waals surface area contributed by atoms with Crippen molar-refractivity contribution in [3.8, 4) is 5.75 Å². The van der Waals surface area contributed by atoms with Crippen LogP contribution >= 0.6 is 0 Å². The third kappa shape index (κ3) is 4.28. The van der Waals surface area contributed by atoms with E-state index in [9.17, 15) is 9.59 Å². The van der Waals surface area contributed by atoms with Crippen LogP contribution in [0.3, 0.4) is 0 Å². The Balaban J connectivity index is 1.31. The molecule has 10 nitrogen and oxygen atoms in total. The third-order valence-electron chi connectivity index (χ3n) is 6.19. The van der Waals surface area contributed by atoms with Gasteiger partial charge in [-0.25, -0.2) is 9.78 Å². The zero-order chi connectivity index (χ0) is 23.7. The number of carbonyl (C=O) groups excluding carboxylic acids is 1. The van der Waals surface area contributed by atoms with E-state index in [0.717, 1.165) is 24.6 Å². The van der Waals surface area contributed by atoms with Crippen molar-refractivity contribution in [2.24, 2.45) is 0 Å². The highest BCUT2D eigenvalue weighted by Crippen LogP contribution is 2.25. The molecule has 4 heterocycles. The molecule has 2 aromatic heterocycles. The quantitative estimate of drug-likeness (QED) is 0.533. The molecule has 2 saturated heterocycles. The van der Waals surface area contributed by atoms with Gasteiger partial charge in [-0.15, -0.1) is 0 Å². The summed E-state index contributed by atoms with van der Waals surface area (Å²) >= 11 is 0. The Labute approximate surface area is 196 Å². The predicted molar refractivity (Wildman–Crippen MR) is 127 cm³/mol. The minimum absolute atomic E-state index is 0.0237. The number of piperazine rings is 1. The first-order valence-electron chi connectivity index (χ1n) is 11.4. The first-order chi connectivity index (χ1) is 16.5. The number of hydrogen-bond acceptors (Lipinski definition) is 9. The zero-order valence-corrected chi connectivity index (χ0v) is 19.3. The summed E-state index contributed by atoms with van der Waals surface area (Å²) in [6.07, 6.45) is 0. The van der Waals surface area contributed by atoms with Gasteiger partial charge in [-0.1, -0.05) is 12.1 Å². The average Bonchev–Trinajstić information content (AvgIpc) is 2.88. The fraction of sp³-hybridized carbons (Fsp3) is 0.417. The van der Waals surface area contributed by atoms with Crippen LogP contribution in [-0.2, 0) is 4.74 Å². The summed E-state index contributed by atoms with van der Waals surface area (Å²) in [4.78, 5) is 41.1. The fourth-order valence-electron chi connectivity index (χ4n) is 4.34. The van der Waals surface area contributed by atoms with Crippen molar-refractivity contribution in [3.05, 3.63) is 52.0 Å². The van der Waals surface area contributed by atoms with Crippen molar-refractivity contribution in [3.63, 3.8) is 0 Å². The Morgan fingerprint density at radius 1 is 1.00 bits per heavy atom. The van der Waals surface area contributed by atoms with E-state index in [-0.39, 0.29) is 11.5 Å². The van der Waals surface area contributed by atoms with Gasteiger partial charge >= 0.3 is 5.63 Å². The molecule has 0 bridgehead atoms. The number of rotatable bonds is 4. The third-order valence-corrected chi connectivity index (χ3v) is 6.19. The molecule has 5 rings (SSSR count). The minimum Gasteiger partial charge on any atom is -0.493 e. The maximum atomic E-state index is 13.1. The van der Waals surface area contributed by atoms with Crippen molar-refractivity contribution < 1.29 is 18.7 Å². The Kier molecular flexibility index (Phi) is 6.06. The molecular weight excluding hydrogens is 438 g/mol. The van der Waals surface area contributed by atoms with Crippen LogP contribution < -0.4 is 20.2 Å². The molecule has 2 aliphatic heterocycles. The van der Waals surface area contributed by atoms with Crippen LogP contribution in [0.5, 0.6) is 5.75 Å². The molecule has 0 aliphatic carbocycles. The van der Waals surface area contributed by atoms with Crippen molar-refractivity contribution >= 4 is 28.6 Å². The van der Waals surface area contributed by atoms with Crippen LogP contribution in [0.2, 0.25) is 0 Å². The smallest absolute Gasteiger partial charge is 0.349 e. The van der Waals surface area contributed by atoms with E-state index in [1.165, 1.54) is 7.11 Å². The summed E-state index contributed by atoms with van der Waals surface area (Å²) in [6, 6.07) is 8.86. The summed E-state index contributed by atoms with van der Waals surface area (Å²) in [7, 11) is 1.51. The first-order valence-corrected chi connectivity index (χ1v) is 11.4. The summed E-state index contributed by atoms with van der Waals surface area (Å²) in [5.41, 5.74) is 0.593. The topological polar surface area (TPSA) is 101 Å². The Bertz CT molecular complexity index is 1260. The van der Waals surface area contributed by atoms with E-state index in [1.807, 2.05) is 13.0 Å². The van der Waals surface area contributed by atoms with Gasteiger partial charge in [0.15, 0.2) is 11.3 Å². The number of carbonyl (C=O) groups is 1. The highest BCUT2D eigenvalue weighted by molar-refractivity contribution is 5.97. The average molecular weight is 466 g/mol. The second-order valence-electron chi connectivity index (χ2n) is 8.37. The molecule has 34 heavy (non-hydrogen) atoms. The number of para-hydroxylation sites is 1. The van der Waals surface area contributed by atoms with E-state index < -0.39 is 5.63 Å². The highest BCUT2D eigenvalue weighted by atomic mass is 16.5. The molecule has 1 amide bonds. The van der Waals surface area contributed by atoms with Crippen LogP contribution in [-0.4, -0.2) is 80.4 Å². The summed E-state index contributed by atoms with van der Waals surface area (Å²) in [5, 5.41) is 0.643. The largest absolute Gasteiger partial charge is 0.493 e. The van der Waals surface area contributed by atoms with Crippen molar-refractivity contribution in [1.29, 1.82) is 0 Å². The van der Waals surface area contributed by atoms with Gasteiger partial charge in [-0.05, 0) is 19.1 Å². The number of aryl methyl sites for hydroxylation is 1. The molecular formula is C24H27N5O5. The maximum Gasteiger partial charge on any atom is 0.349 e. The van der Waals surface area contributed by atoms with Crippen LogP contribution in [0, 0.1) is 6.92 Å². The lowest BCUT2D eigenvalue weighted by atomic mass is 10.1. The Morgan fingerprint density at radius 2 is 1.76 bits per heavy atom. The lowest BCUT2D eigenvalue weighted by Crippen LogP contribution is -2.50. The Morgan fingerprint density at radius 3 is 2.50 bits per heavy atom. The standard InChI is InChI=1S/C24H27N5O5/c1-16-14-20(27-10-12-33-13-11-27)26-24(25-16)29-8-6-28(7-9-29)22(30)18-15-17-4-3-5-19(32-2)21(17)34-23(18)31/h3-5,14-15H,6-13H2,1-2H3. The van der Waals surface area contributed by atoms with Crippen LogP contribution in [0.25, 0.3) is 11.0 Å². The molecule has 2 fully saturated rings. The molecule has 2 aliphatic rings. The molecule has 0 N–H and O–H groups in total. The van der Waals surface area contributed by atoms with Gasteiger partial charge < -0.3 is 28.6 Å². The number of ether oxygens (including phenoxy) is 2. The number of fused-ring (bicyclic) bond motifs is 1. The number of methoxy groups -OCH3 is 1. The second-order valence-corrected chi connectivity index (χ2v) is 8.37. The minimum atomic E-state index is -0.665. The SMILES string of the molecule is COc1cccc2cc(C(=O)N3CCN(c4nc(C)cc(N5CCOCC5)n4)CC3)c(=O)oc12. The Hall–Kier alpha value is -3.66. The van der Waals surface area contributed by atoms with Gasteiger partial charge in [0.1, 0.15) is 11.4 Å². The van der Waals surface area contributed by atoms with E-state index in [2.05, 4.69) is 14.8 Å². The van der Waals surface area contributed by atoms with Crippen LogP contribution in [0.4, 0.5) is 11.8 Å². The highest BCUT2D eigenvalue weighted by Gasteiger charge is 2.27. The number of amides is 1. The number of nitrogens with zero attached hydrogens (tertiary/aromatic N) is 5. The predicted octanol–water partition coefficient (Wildman–Crippen LogP) is 1.70. The van der Waals surface area contributed by atoms with Crippen LogP contribution in [0.1, 0.15) is 16.1 Å². The molecule has 0 saturated carbocycles. The van der Waals surface area contributed by atoms with Gasteiger partial charge in [0, 0.05) is 56.4 Å². The molecule has 3 aromatic rings. The van der Waals surface area contributed by atoms with Gasteiger partial charge in [0.25, 0.3) is 5.91 Å². The normalized spacial score (nSPS) is 16.7. The van der Waals surface area contributed by atoms with Crippen LogP contribution in [0.15, 0.2) is 39.5 Å². The summed E-state index contributed by atoms with van der Waals surface area (Å²) in [5.74, 6) is 1.67. The molecule has 0 radical (unpaired) electrons.